The van der Waals surface area contributed by atoms with Gasteiger partial charge in [0.1, 0.15) is 5.75 Å². The lowest BCUT2D eigenvalue weighted by molar-refractivity contribution is -0.274. The number of amides is 1. The molecule has 0 aliphatic heterocycles. The average Bonchev–Trinajstić information content (AvgIpc) is 3.17. The molecule has 110 valence electrons. The minimum absolute atomic E-state index is 0.00255. The molecule has 0 atom stereocenters. The minimum atomic E-state index is -4.74. The van der Waals surface area contributed by atoms with Crippen LogP contribution in [-0.2, 0) is 11.3 Å². The summed E-state index contributed by atoms with van der Waals surface area (Å²) >= 11 is 0. The van der Waals surface area contributed by atoms with Gasteiger partial charge in [0.15, 0.2) is 0 Å². The number of rotatable bonds is 6. The highest BCUT2D eigenvalue weighted by molar-refractivity contribution is 5.78. The van der Waals surface area contributed by atoms with Gasteiger partial charge in [0.05, 0.1) is 6.54 Å². The van der Waals surface area contributed by atoms with Gasteiger partial charge >= 0.3 is 6.36 Å². The first-order chi connectivity index (χ1) is 9.44. The summed E-state index contributed by atoms with van der Waals surface area (Å²) in [6.07, 6.45) is -2.61. The van der Waals surface area contributed by atoms with Gasteiger partial charge in [-0.25, -0.2) is 0 Å². The van der Waals surface area contributed by atoms with E-state index in [1.165, 1.54) is 18.2 Å². The van der Waals surface area contributed by atoms with Crippen molar-refractivity contribution in [2.24, 2.45) is 0 Å². The molecule has 0 aromatic heterocycles. The van der Waals surface area contributed by atoms with Crippen LogP contribution in [0, 0.1) is 0 Å². The van der Waals surface area contributed by atoms with Crippen LogP contribution in [0.5, 0.6) is 5.75 Å². The Hall–Kier alpha value is -1.76. The molecule has 1 aliphatic rings. The number of benzene rings is 1. The van der Waals surface area contributed by atoms with Gasteiger partial charge in [-0.2, -0.15) is 0 Å². The lowest BCUT2D eigenvalue weighted by Gasteiger charge is -2.13. The summed E-state index contributed by atoms with van der Waals surface area (Å²) in [6.45, 7) is 0.171. The predicted molar refractivity (Wildman–Crippen MR) is 66.0 cm³/mol. The molecule has 0 saturated heterocycles. The van der Waals surface area contributed by atoms with Crippen LogP contribution in [0.3, 0.4) is 0 Å². The van der Waals surface area contributed by atoms with Crippen molar-refractivity contribution in [3.63, 3.8) is 0 Å². The molecule has 1 aliphatic carbocycles. The summed E-state index contributed by atoms with van der Waals surface area (Å²) in [5, 5.41) is 5.58. The van der Waals surface area contributed by atoms with Gasteiger partial charge in [-0.3, -0.25) is 4.79 Å². The average molecular weight is 288 g/mol. The first-order valence-corrected chi connectivity index (χ1v) is 6.28. The number of hydrogen-bond donors (Lipinski definition) is 2. The fraction of sp³-hybridized carbons (Fsp3) is 0.462. The summed E-state index contributed by atoms with van der Waals surface area (Å²) in [5.41, 5.74) is 0.282. The quantitative estimate of drug-likeness (QED) is 0.841. The van der Waals surface area contributed by atoms with Gasteiger partial charge in [-0.05, 0) is 18.9 Å². The van der Waals surface area contributed by atoms with Crippen molar-refractivity contribution in [2.45, 2.75) is 31.8 Å². The molecule has 1 amide bonds. The Kier molecular flexibility index (Phi) is 4.49. The number of halogens is 3. The number of alkyl halides is 3. The second-order valence-electron chi connectivity index (χ2n) is 4.59. The zero-order valence-electron chi connectivity index (χ0n) is 10.7. The van der Waals surface area contributed by atoms with Gasteiger partial charge < -0.3 is 15.4 Å². The molecule has 0 bridgehead atoms. The second-order valence-corrected chi connectivity index (χ2v) is 4.59. The number of hydrogen-bond acceptors (Lipinski definition) is 3. The first kappa shape index (κ1) is 14.6. The fourth-order valence-corrected chi connectivity index (χ4v) is 1.65. The third-order valence-electron chi connectivity index (χ3n) is 2.80. The van der Waals surface area contributed by atoms with Crippen LogP contribution in [-0.4, -0.2) is 24.9 Å². The molecular weight excluding hydrogens is 273 g/mol. The zero-order chi connectivity index (χ0) is 14.6. The summed E-state index contributed by atoms with van der Waals surface area (Å²) in [4.78, 5) is 11.5. The Labute approximate surface area is 114 Å². The molecule has 1 aromatic carbocycles. The Bertz CT molecular complexity index is 473. The van der Waals surface area contributed by atoms with E-state index in [9.17, 15) is 18.0 Å². The first-order valence-electron chi connectivity index (χ1n) is 6.28. The van der Waals surface area contributed by atoms with Crippen LogP contribution in [0.2, 0.25) is 0 Å². The van der Waals surface area contributed by atoms with Crippen LogP contribution in [0.25, 0.3) is 0 Å². The van der Waals surface area contributed by atoms with E-state index in [4.69, 9.17) is 0 Å². The van der Waals surface area contributed by atoms with E-state index in [0.29, 0.717) is 6.04 Å². The molecule has 20 heavy (non-hydrogen) atoms. The van der Waals surface area contributed by atoms with Crippen molar-refractivity contribution >= 4 is 5.91 Å². The summed E-state index contributed by atoms with van der Waals surface area (Å²) in [6, 6.07) is 6.14. The van der Waals surface area contributed by atoms with E-state index < -0.39 is 6.36 Å². The van der Waals surface area contributed by atoms with E-state index in [2.05, 4.69) is 15.4 Å². The van der Waals surface area contributed by atoms with Crippen LogP contribution in [0.1, 0.15) is 18.4 Å². The maximum absolute atomic E-state index is 12.2. The number of ether oxygens (including phenoxy) is 1. The predicted octanol–water partition coefficient (Wildman–Crippen LogP) is 1.95. The van der Waals surface area contributed by atoms with E-state index in [-0.39, 0.29) is 30.3 Å². The van der Waals surface area contributed by atoms with E-state index in [1.807, 2.05) is 0 Å². The number of para-hydroxylation sites is 1. The Morgan fingerprint density at radius 1 is 1.30 bits per heavy atom. The summed E-state index contributed by atoms with van der Waals surface area (Å²) in [5.74, 6) is -0.547. The smallest absolute Gasteiger partial charge is 0.405 e. The molecular formula is C13H15F3N2O2. The van der Waals surface area contributed by atoms with E-state index in [1.54, 1.807) is 6.07 Å². The monoisotopic (exact) mass is 288 g/mol. The number of carbonyl (C=O) groups excluding carboxylic acids is 1. The minimum Gasteiger partial charge on any atom is -0.405 e. The molecule has 0 spiro atoms. The van der Waals surface area contributed by atoms with Crippen molar-refractivity contribution in [3.8, 4) is 5.75 Å². The lowest BCUT2D eigenvalue weighted by atomic mass is 10.2. The summed E-state index contributed by atoms with van der Waals surface area (Å²) in [7, 11) is 0. The third kappa shape index (κ3) is 5.08. The van der Waals surface area contributed by atoms with Gasteiger partial charge in [0.25, 0.3) is 0 Å². The van der Waals surface area contributed by atoms with E-state index in [0.717, 1.165) is 12.8 Å². The zero-order valence-corrected chi connectivity index (χ0v) is 10.7. The molecule has 4 nitrogen and oxygen atoms in total. The van der Waals surface area contributed by atoms with Crippen molar-refractivity contribution in [3.05, 3.63) is 29.8 Å². The van der Waals surface area contributed by atoms with Gasteiger partial charge in [-0.15, -0.1) is 13.2 Å². The topological polar surface area (TPSA) is 50.4 Å². The molecule has 0 radical (unpaired) electrons. The van der Waals surface area contributed by atoms with Gasteiger partial charge in [-0.1, -0.05) is 18.2 Å². The van der Waals surface area contributed by atoms with Gasteiger partial charge in [0, 0.05) is 18.2 Å². The Morgan fingerprint density at radius 3 is 2.65 bits per heavy atom. The SMILES string of the molecule is O=C(CNC1CC1)NCc1ccccc1OC(F)(F)F. The van der Waals surface area contributed by atoms with E-state index >= 15 is 0 Å². The summed E-state index contributed by atoms with van der Waals surface area (Å²) < 4.78 is 40.6. The molecule has 7 heteroatoms. The molecule has 1 saturated carbocycles. The van der Waals surface area contributed by atoms with Crippen LogP contribution in [0.4, 0.5) is 13.2 Å². The number of carbonyl (C=O) groups is 1. The highest BCUT2D eigenvalue weighted by Gasteiger charge is 2.32. The van der Waals surface area contributed by atoms with Crippen LogP contribution >= 0.6 is 0 Å². The maximum Gasteiger partial charge on any atom is 0.573 e. The molecule has 2 rings (SSSR count). The molecule has 2 N–H and O–H groups in total. The normalized spacial score (nSPS) is 14.9. The third-order valence-corrected chi connectivity index (χ3v) is 2.80. The fourth-order valence-electron chi connectivity index (χ4n) is 1.65. The van der Waals surface area contributed by atoms with Crippen LogP contribution in [0.15, 0.2) is 24.3 Å². The van der Waals surface area contributed by atoms with Crippen LogP contribution < -0.4 is 15.4 Å². The molecule has 1 fully saturated rings. The van der Waals surface area contributed by atoms with Crippen molar-refractivity contribution < 1.29 is 22.7 Å². The van der Waals surface area contributed by atoms with Crippen molar-refractivity contribution in [2.75, 3.05) is 6.54 Å². The Morgan fingerprint density at radius 2 is 2.00 bits per heavy atom. The standard InChI is InChI=1S/C13H15F3N2O2/c14-13(15,16)20-11-4-2-1-3-9(11)7-18-12(19)8-17-10-5-6-10/h1-4,10,17H,5-8H2,(H,18,19). The molecule has 0 heterocycles. The lowest BCUT2D eigenvalue weighted by Crippen LogP contribution is -2.34. The van der Waals surface area contributed by atoms with Gasteiger partial charge in [0.2, 0.25) is 5.91 Å². The Balaban J connectivity index is 1.86. The highest BCUT2D eigenvalue weighted by atomic mass is 19.4. The molecule has 0 unspecified atom stereocenters. The molecule has 1 aromatic rings. The maximum atomic E-state index is 12.2. The number of nitrogens with one attached hydrogen (secondary N) is 2. The largest absolute Gasteiger partial charge is 0.573 e. The second kappa shape index (κ2) is 6.13. The highest BCUT2D eigenvalue weighted by Crippen LogP contribution is 2.26. The van der Waals surface area contributed by atoms with Crippen molar-refractivity contribution in [1.29, 1.82) is 0 Å². The van der Waals surface area contributed by atoms with Crippen molar-refractivity contribution in [1.82, 2.24) is 10.6 Å².